The Kier molecular flexibility index (Phi) is 3.89. The second kappa shape index (κ2) is 4.77. The van der Waals surface area contributed by atoms with Crippen LogP contribution < -0.4 is 0 Å². The molecule has 1 aromatic heterocycles. The van der Waals surface area contributed by atoms with Crippen molar-refractivity contribution in [3.63, 3.8) is 0 Å². The second-order valence-corrected chi connectivity index (χ2v) is 3.74. The number of pyridine rings is 1. The second-order valence-electron chi connectivity index (χ2n) is 2.67. The van der Waals surface area contributed by atoms with Crippen molar-refractivity contribution in [3.8, 4) is 0 Å². The summed E-state index contributed by atoms with van der Waals surface area (Å²) in [6.07, 6.45) is -3.42. The zero-order valence-corrected chi connectivity index (χ0v) is 9.33. The predicted molar refractivity (Wildman–Crippen MR) is 53.2 cm³/mol. The van der Waals surface area contributed by atoms with Crippen molar-refractivity contribution in [2.75, 3.05) is 0 Å². The first-order valence-electron chi connectivity index (χ1n) is 3.76. The zero-order chi connectivity index (χ0) is 11.6. The van der Waals surface area contributed by atoms with Crippen LogP contribution in [0.3, 0.4) is 0 Å². The molecule has 0 spiro atoms. The van der Waals surface area contributed by atoms with Gasteiger partial charge in [0.1, 0.15) is 0 Å². The van der Waals surface area contributed by atoms with Crippen molar-refractivity contribution in [2.24, 2.45) is 0 Å². The molecular formula is C8H5F3INO2. The third-order valence-corrected chi connectivity index (χ3v) is 2.82. The van der Waals surface area contributed by atoms with Crippen molar-refractivity contribution >= 4 is 28.6 Å². The van der Waals surface area contributed by atoms with Crippen LogP contribution in [0, 0.1) is 9.52 Å². The number of alkyl halides is 2. The molecule has 1 aromatic rings. The van der Waals surface area contributed by atoms with Gasteiger partial charge in [0, 0.05) is 15.2 Å². The summed E-state index contributed by atoms with van der Waals surface area (Å²) in [5.74, 6) is -2.34. The Bertz CT molecular complexity index is 398. The number of carbonyl (C=O) groups is 1. The largest absolute Gasteiger partial charge is 0.481 e. The highest BCUT2D eigenvalue weighted by atomic mass is 127. The zero-order valence-electron chi connectivity index (χ0n) is 7.18. The third kappa shape index (κ3) is 3.05. The molecule has 0 bridgehead atoms. The lowest BCUT2D eigenvalue weighted by molar-refractivity contribution is -0.136. The summed E-state index contributed by atoms with van der Waals surface area (Å²) in [6.45, 7) is 0. The number of halogens is 4. The SMILES string of the molecule is O=C(O)Cc1nc(F)cc(C(F)F)c1I. The molecule has 0 aromatic carbocycles. The van der Waals surface area contributed by atoms with E-state index in [1.54, 1.807) is 0 Å². The normalized spacial score (nSPS) is 10.7. The molecule has 0 atom stereocenters. The van der Waals surface area contributed by atoms with Crippen LogP contribution >= 0.6 is 22.6 Å². The number of carboxylic acids is 1. The van der Waals surface area contributed by atoms with Gasteiger partial charge in [-0.15, -0.1) is 0 Å². The predicted octanol–water partition coefficient (Wildman–Crippen LogP) is 2.39. The van der Waals surface area contributed by atoms with Gasteiger partial charge in [0.05, 0.1) is 12.1 Å². The smallest absolute Gasteiger partial charge is 0.309 e. The molecule has 3 nitrogen and oxygen atoms in total. The molecule has 0 aliphatic rings. The van der Waals surface area contributed by atoms with Crippen LogP contribution in [0.4, 0.5) is 13.2 Å². The Morgan fingerprint density at radius 1 is 1.60 bits per heavy atom. The van der Waals surface area contributed by atoms with Crippen molar-refractivity contribution < 1.29 is 23.1 Å². The molecule has 0 radical (unpaired) electrons. The Morgan fingerprint density at radius 3 is 2.67 bits per heavy atom. The molecule has 0 aliphatic heterocycles. The minimum absolute atomic E-state index is 0.00796. The minimum Gasteiger partial charge on any atom is -0.481 e. The Labute approximate surface area is 96.5 Å². The van der Waals surface area contributed by atoms with Gasteiger partial charge < -0.3 is 5.11 Å². The quantitative estimate of drug-likeness (QED) is 0.684. The molecule has 82 valence electrons. The molecule has 1 rings (SSSR count). The van der Waals surface area contributed by atoms with E-state index >= 15 is 0 Å². The maximum absolute atomic E-state index is 12.8. The number of nitrogens with zero attached hydrogens (tertiary/aromatic N) is 1. The lowest BCUT2D eigenvalue weighted by Crippen LogP contribution is -2.08. The average Bonchev–Trinajstić information content (AvgIpc) is 2.09. The van der Waals surface area contributed by atoms with E-state index in [2.05, 4.69) is 4.98 Å². The van der Waals surface area contributed by atoms with Crippen LogP contribution in [-0.4, -0.2) is 16.1 Å². The first-order valence-corrected chi connectivity index (χ1v) is 4.84. The van der Waals surface area contributed by atoms with Crippen molar-refractivity contribution in [3.05, 3.63) is 26.8 Å². The van der Waals surface area contributed by atoms with E-state index in [4.69, 9.17) is 5.11 Å². The Balaban J connectivity index is 3.21. The summed E-state index contributed by atoms with van der Waals surface area (Å²) in [4.78, 5) is 13.6. The summed E-state index contributed by atoms with van der Waals surface area (Å²) in [7, 11) is 0. The van der Waals surface area contributed by atoms with Crippen LogP contribution in [0.15, 0.2) is 6.07 Å². The minimum atomic E-state index is -2.85. The van der Waals surface area contributed by atoms with E-state index in [0.717, 1.165) is 0 Å². The molecule has 0 amide bonds. The lowest BCUT2D eigenvalue weighted by Gasteiger charge is -2.07. The van der Waals surface area contributed by atoms with E-state index in [0.29, 0.717) is 6.07 Å². The molecule has 0 aliphatic carbocycles. The highest BCUT2D eigenvalue weighted by Crippen LogP contribution is 2.26. The van der Waals surface area contributed by atoms with Gasteiger partial charge in [-0.25, -0.2) is 13.8 Å². The molecular weight excluding hydrogens is 326 g/mol. The summed E-state index contributed by atoms with van der Waals surface area (Å²) in [5.41, 5.74) is -0.710. The van der Waals surface area contributed by atoms with Crippen molar-refractivity contribution in [1.82, 2.24) is 4.98 Å². The number of carboxylic acid groups (broad SMARTS) is 1. The van der Waals surface area contributed by atoms with Gasteiger partial charge >= 0.3 is 5.97 Å². The van der Waals surface area contributed by atoms with E-state index in [9.17, 15) is 18.0 Å². The topological polar surface area (TPSA) is 50.2 Å². The first kappa shape index (κ1) is 12.2. The van der Waals surface area contributed by atoms with E-state index in [1.807, 2.05) is 0 Å². The van der Waals surface area contributed by atoms with Gasteiger partial charge in [-0.2, -0.15) is 4.39 Å². The highest BCUT2D eigenvalue weighted by molar-refractivity contribution is 14.1. The van der Waals surface area contributed by atoms with Gasteiger partial charge in [-0.05, 0) is 22.6 Å². The molecule has 0 saturated carbocycles. The summed E-state index contributed by atoms with van der Waals surface area (Å²) < 4.78 is 37.5. The lowest BCUT2D eigenvalue weighted by atomic mass is 10.2. The van der Waals surface area contributed by atoms with E-state index in [1.165, 1.54) is 22.6 Å². The van der Waals surface area contributed by atoms with Crippen LogP contribution in [0.25, 0.3) is 0 Å². The number of aromatic nitrogens is 1. The average molecular weight is 331 g/mol. The molecule has 15 heavy (non-hydrogen) atoms. The van der Waals surface area contributed by atoms with Crippen LogP contribution in [0.5, 0.6) is 0 Å². The van der Waals surface area contributed by atoms with Gasteiger partial charge in [0.15, 0.2) is 0 Å². The third-order valence-electron chi connectivity index (χ3n) is 1.58. The van der Waals surface area contributed by atoms with Gasteiger partial charge in [-0.1, -0.05) is 0 Å². The van der Waals surface area contributed by atoms with Crippen molar-refractivity contribution in [2.45, 2.75) is 12.8 Å². The summed E-state index contributed by atoms with van der Waals surface area (Å²) in [5, 5.41) is 8.46. The fourth-order valence-corrected chi connectivity index (χ4v) is 1.69. The molecule has 7 heteroatoms. The van der Waals surface area contributed by atoms with E-state index < -0.39 is 30.3 Å². The molecule has 0 saturated heterocycles. The first-order chi connectivity index (χ1) is 6.91. The van der Waals surface area contributed by atoms with E-state index in [-0.39, 0.29) is 9.26 Å². The number of hydrogen-bond donors (Lipinski definition) is 1. The Morgan fingerprint density at radius 2 is 2.20 bits per heavy atom. The molecule has 1 heterocycles. The number of hydrogen-bond acceptors (Lipinski definition) is 2. The Hall–Kier alpha value is -0.860. The van der Waals surface area contributed by atoms with Gasteiger partial charge in [0.2, 0.25) is 5.95 Å². The molecule has 1 N–H and O–H groups in total. The maximum atomic E-state index is 12.8. The number of aliphatic carboxylic acids is 1. The van der Waals surface area contributed by atoms with Gasteiger partial charge in [0.25, 0.3) is 6.43 Å². The molecule has 0 unspecified atom stereocenters. The summed E-state index contributed by atoms with van der Waals surface area (Å²) >= 11 is 1.53. The van der Waals surface area contributed by atoms with Crippen LogP contribution in [-0.2, 0) is 11.2 Å². The fourth-order valence-electron chi connectivity index (χ4n) is 0.988. The van der Waals surface area contributed by atoms with Crippen LogP contribution in [0.1, 0.15) is 17.7 Å². The number of rotatable bonds is 3. The van der Waals surface area contributed by atoms with Crippen LogP contribution in [0.2, 0.25) is 0 Å². The monoisotopic (exact) mass is 331 g/mol. The molecule has 0 fully saturated rings. The van der Waals surface area contributed by atoms with Crippen molar-refractivity contribution in [1.29, 1.82) is 0 Å². The maximum Gasteiger partial charge on any atom is 0.309 e. The summed E-state index contributed by atoms with van der Waals surface area (Å²) in [6, 6.07) is 0.609. The fraction of sp³-hybridized carbons (Fsp3) is 0.250. The highest BCUT2D eigenvalue weighted by Gasteiger charge is 2.18. The standard InChI is InChI=1S/C8H5F3INO2/c9-5-1-3(8(10)11)7(12)4(13-5)2-6(14)15/h1,8H,2H2,(H,14,15). The van der Waals surface area contributed by atoms with Gasteiger partial charge in [-0.3, -0.25) is 4.79 Å².